The molecule has 1 unspecified atom stereocenters. The van der Waals surface area contributed by atoms with Crippen LogP contribution in [0, 0.1) is 18.3 Å². The topological polar surface area (TPSA) is 81.4 Å². The van der Waals surface area contributed by atoms with Crippen molar-refractivity contribution in [3.63, 3.8) is 0 Å². The van der Waals surface area contributed by atoms with Crippen LogP contribution >= 0.6 is 0 Å². The molecule has 0 aliphatic rings. The first-order chi connectivity index (χ1) is 11.4. The number of aliphatic hydroxyl groups is 1. The number of aliphatic hydroxyl groups excluding tert-OH is 1. The molecule has 6 heteroatoms. The molecule has 2 rings (SSSR count). The monoisotopic (exact) mass is 344 g/mol. The largest absolute Gasteiger partial charge is 0.387 e. The Morgan fingerprint density at radius 1 is 1.21 bits per heavy atom. The smallest absolute Gasteiger partial charge is 0.243 e. The fourth-order valence-corrected chi connectivity index (χ4v) is 3.86. The van der Waals surface area contributed by atoms with Gasteiger partial charge in [0.15, 0.2) is 0 Å². The Bertz CT molecular complexity index is 839. The molecule has 0 spiro atoms. The van der Waals surface area contributed by atoms with Gasteiger partial charge in [0.1, 0.15) is 0 Å². The summed E-state index contributed by atoms with van der Waals surface area (Å²) >= 11 is 0. The van der Waals surface area contributed by atoms with E-state index in [2.05, 4.69) is 0 Å². The van der Waals surface area contributed by atoms with E-state index in [0.717, 1.165) is 5.56 Å². The summed E-state index contributed by atoms with van der Waals surface area (Å²) in [6, 6.07) is 15.2. The lowest BCUT2D eigenvalue weighted by atomic mass is 10.1. The molecule has 0 saturated heterocycles. The standard InChI is InChI=1S/C18H20N2O3S/c1-3-20(13-18(21)16-9-7-14(2)8-10-16)24(22,23)17-6-4-5-15(11-17)12-19/h4-11,18,21H,3,13H2,1-2H3. The molecule has 0 bridgehead atoms. The zero-order valence-corrected chi connectivity index (χ0v) is 14.5. The predicted molar refractivity (Wildman–Crippen MR) is 91.7 cm³/mol. The Labute approximate surface area is 142 Å². The summed E-state index contributed by atoms with van der Waals surface area (Å²) in [7, 11) is -3.77. The molecule has 0 aliphatic carbocycles. The van der Waals surface area contributed by atoms with Crippen LogP contribution in [-0.2, 0) is 10.0 Å². The van der Waals surface area contributed by atoms with Crippen molar-refractivity contribution in [3.05, 3.63) is 65.2 Å². The number of hydrogen-bond acceptors (Lipinski definition) is 4. The van der Waals surface area contributed by atoms with Gasteiger partial charge in [-0.1, -0.05) is 42.8 Å². The van der Waals surface area contributed by atoms with Crippen molar-refractivity contribution in [1.82, 2.24) is 4.31 Å². The van der Waals surface area contributed by atoms with Crippen molar-refractivity contribution in [2.24, 2.45) is 0 Å². The van der Waals surface area contributed by atoms with E-state index in [1.54, 1.807) is 25.1 Å². The second-order valence-electron chi connectivity index (χ2n) is 5.52. The lowest BCUT2D eigenvalue weighted by Gasteiger charge is -2.23. The highest BCUT2D eigenvalue weighted by Crippen LogP contribution is 2.21. The summed E-state index contributed by atoms with van der Waals surface area (Å²) in [4.78, 5) is 0.0551. The number of sulfonamides is 1. The average molecular weight is 344 g/mol. The molecule has 0 radical (unpaired) electrons. The van der Waals surface area contributed by atoms with Gasteiger partial charge in [-0.15, -0.1) is 0 Å². The van der Waals surface area contributed by atoms with Crippen LogP contribution in [0.15, 0.2) is 53.4 Å². The van der Waals surface area contributed by atoms with Crippen molar-refractivity contribution in [2.45, 2.75) is 24.8 Å². The molecule has 0 aliphatic heterocycles. The van der Waals surface area contributed by atoms with Crippen molar-refractivity contribution in [3.8, 4) is 6.07 Å². The van der Waals surface area contributed by atoms with E-state index in [0.29, 0.717) is 5.56 Å². The van der Waals surface area contributed by atoms with Crippen molar-refractivity contribution >= 4 is 10.0 Å². The highest BCUT2D eigenvalue weighted by atomic mass is 32.2. The number of aryl methyl sites for hydroxylation is 1. The SMILES string of the molecule is CCN(CC(O)c1ccc(C)cc1)S(=O)(=O)c1cccc(C#N)c1. The second-order valence-corrected chi connectivity index (χ2v) is 7.46. The molecule has 126 valence electrons. The highest BCUT2D eigenvalue weighted by Gasteiger charge is 2.26. The van der Waals surface area contributed by atoms with Gasteiger partial charge in [-0.25, -0.2) is 8.42 Å². The normalized spacial score (nSPS) is 12.8. The Morgan fingerprint density at radius 3 is 2.46 bits per heavy atom. The number of hydrogen-bond donors (Lipinski definition) is 1. The van der Waals surface area contributed by atoms with Gasteiger partial charge in [0.25, 0.3) is 0 Å². The quantitative estimate of drug-likeness (QED) is 0.873. The molecule has 0 fully saturated rings. The summed E-state index contributed by atoms with van der Waals surface area (Å²) in [5.41, 5.74) is 2.02. The van der Waals surface area contributed by atoms with E-state index >= 15 is 0 Å². The molecule has 0 heterocycles. The van der Waals surface area contributed by atoms with E-state index in [1.807, 2.05) is 25.1 Å². The van der Waals surface area contributed by atoms with Crippen molar-refractivity contribution in [1.29, 1.82) is 5.26 Å². The van der Waals surface area contributed by atoms with E-state index in [-0.39, 0.29) is 23.5 Å². The van der Waals surface area contributed by atoms with Crippen LogP contribution in [0.3, 0.4) is 0 Å². The van der Waals surface area contributed by atoms with Gasteiger partial charge >= 0.3 is 0 Å². The highest BCUT2D eigenvalue weighted by molar-refractivity contribution is 7.89. The van der Waals surface area contributed by atoms with E-state index in [1.165, 1.54) is 22.5 Å². The van der Waals surface area contributed by atoms with Crippen LogP contribution < -0.4 is 0 Å². The number of likely N-dealkylation sites (N-methyl/N-ethyl adjacent to an activating group) is 1. The van der Waals surface area contributed by atoms with E-state index < -0.39 is 16.1 Å². The zero-order valence-electron chi connectivity index (χ0n) is 13.7. The fraction of sp³-hybridized carbons (Fsp3) is 0.278. The molecule has 0 aromatic heterocycles. The van der Waals surface area contributed by atoms with Gasteiger partial charge in [0.2, 0.25) is 10.0 Å². The van der Waals surface area contributed by atoms with E-state index in [4.69, 9.17) is 5.26 Å². The summed E-state index contributed by atoms with van der Waals surface area (Å²) in [5, 5.41) is 19.3. The molecule has 5 nitrogen and oxygen atoms in total. The number of benzene rings is 2. The summed E-state index contributed by atoms with van der Waals surface area (Å²) in [5.74, 6) is 0. The molecule has 1 N–H and O–H groups in total. The van der Waals surface area contributed by atoms with Crippen LogP contribution in [-0.4, -0.2) is 30.9 Å². The van der Waals surface area contributed by atoms with Crippen molar-refractivity contribution in [2.75, 3.05) is 13.1 Å². The van der Waals surface area contributed by atoms with E-state index in [9.17, 15) is 13.5 Å². The summed E-state index contributed by atoms with van der Waals surface area (Å²) in [6.45, 7) is 3.84. The molecule has 1 atom stereocenters. The fourth-order valence-electron chi connectivity index (χ4n) is 2.36. The maximum atomic E-state index is 12.8. The third kappa shape index (κ3) is 4.01. The average Bonchev–Trinajstić information content (AvgIpc) is 2.59. The molecule has 24 heavy (non-hydrogen) atoms. The summed E-state index contributed by atoms with van der Waals surface area (Å²) < 4.78 is 26.7. The molecular weight excluding hydrogens is 324 g/mol. The number of nitrogens with zero attached hydrogens (tertiary/aromatic N) is 2. The third-order valence-corrected chi connectivity index (χ3v) is 5.73. The summed E-state index contributed by atoms with van der Waals surface area (Å²) in [6.07, 6.45) is -0.917. The minimum Gasteiger partial charge on any atom is -0.387 e. The van der Waals surface area contributed by atoms with Crippen LogP contribution in [0.4, 0.5) is 0 Å². The van der Waals surface area contributed by atoms with Gasteiger partial charge in [-0.2, -0.15) is 9.57 Å². The van der Waals surface area contributed by atoms with Gasteiger partial charge in [-0.05, 0) is 30.7 Å². The van der Waals surface area contributed by atoms with Crippen LogP contribution in [0.5, 0.6) is 0 Å². The predicted octanol–water partition coefficient (Wildman–Crippen LogP) is 2.61. The van der Waals surface area contributed by atoms with Gasteiger partial charge in [0.05, 0.1) is 22.6 Å². The first-order valence-corrected chi connectivity index (χ1v) is 9.07. The van der Waals surface area contributed by atoms with Crippen molar-refractivity contribution < 1.29 is 13.5 Å². The van der Waals surface area contributed by atoms with Gasteiger partial charge in [0, 0.05) is 13.1 Å². The Hall–Kier alpha value is -2.20. The molecule has 0 saturated carbocycles. The minimum absolute atomic E-state index is 0.0430. The lowest BCUT2D eigenvalue weighted by Crippen LogP contribution is -2.34. The zero-order chi connectivity index (χ0) is 17.7. The number of rotatable bonds is 6. The number of nitriles is 1. The lowest BCUT2D eigenvalue weighted by molar-refractivity contribution is 0.149. The maximum Gasteiger partial charge on any atom is 0.243 e. The first kappa shape index (κ1) is 18.1. The Kier molecular flexibility index (Phi) is 5.73. The Balaban J connectivity index is 2.26. The maximum absolute atomic E-state index is 12.8. The van der Waals surface area contributed by atoms with Crippen LogP contribution in [0.1, 0.15) is 29.7 Å². The second kappa shape index (κ2) is 7.58. The third-order valence-electron chi connectivity index (χ3n) is 3.79. The van der Waals surface area contributed by atoms with Crippen LogP contribution in [0.25, 0.3) is 0 Å². The van der Waals surface area contributed by atoms with Gasteiger partial charge < -0.3 is 5.11 Å². The molecule has 0 amide bonds. The molecule has 2 aromatic carbocycles. The minimum atomic E-state index is -3.77. The Morgan fingerprint density at radius 2 is 1.88 bits per heavy atom. The first-order valence-electron chi connectivity index (χ1n) is 7.63. The van der Waals surface area contributed by atoms with Gasteiger partial charge in [-0.3, -0.25) is 0 Å². The van der Waals surface area contributed by atoms with Crippen LogP contribution in [0.2, 0.25) is 0 Å². The molecule has 2 aromatic rings. The molecular formula is C18H20N2O3S.